The summed E-state index contributed by atoms with van der Waals surface area (Å²) in [4.78, 5) is 12.0. The number of rotatable bonds is 4. The Labute approximate surface area is 125 Å². The van der Waals surface area contributed by atoms with Crippen molar-refractivity contribution in [1.29, 1.82) is 0 Å². The quantitative estimate of drug-likeness (QED) is 0.894. The minimum absolute atomic E-state index is 0. The molecular weight excluding hydrogens is 276 g/mol. The molecule has 1 saturated heterocycles. The van der Waals surface area contributed by atoms with Crippen molar-refractivity contribution < 1.29 is 9.53 Å². The van der Waals surface area contributed by atoms with E-state index < -0.39 is 0 Å². The van der Waals surface area contributed by atoms with Crippen LogP contribution in [0.15, 0.2) is 18.2 Å². The standard InChI is InChI=1S/C15H20N2O2.ClH/c18-15(17-7-5-14-2-1-6-16-14)11-3-4-12-9-19-10-13(12)8-11;/h3-4,8,14,16H,1-2,5-7,9-10H2,(H,17,18);1H/t14-;/m1./s1. The zero-order chi connectivity index (χ0) is 13.1. The van der Waals surface area contributed by atoms with Crippen LogP contribution < -0.4 is 10.6 Å². The van der Waals surface area contributed by atoms with Gasteiger partial charge in [0, 0.05) is 18.2 Å². The first-order chi connectivity index (χ1) is 9.33. The maximum atomic E-state index is 12.0. The summed E-state index contributed by atoms with van der Waals surface area (Å²) in [6.07, 6.45) is 3.50. The highest BCUT2D eigenvalue weighted by Crippen LogP contribution is 2.20. The van der Waals surface area contributed by atoms with Gasteiger partial charge in [0.1, 0.15) is 0 Å². The molecular formula is C15H21ClN2O2. The molecule has 2 N–H and O–H groups in total. The number of halogens is 1. The summed E-state index contributed by atoms with van der Waals surface area (Å²) < 4.78 is 5.36. The lowest BCUT2D eigenvalue weighted by molar-refractivity contribution is 0.0952. The Kier molecular flexibility index (Phi) is 5.40. The summed E-state index contributed by atoms with van der Waals surface area (Å²) in [5.74, 6) is 0.0210. The molecule has 1 aromatic carbocycles. The topological polar surface area (TPSA) is 50.4 Å². The van der Waals surface area contributed by atoms with Gasteiger partial charge in [0.2, 0.25) is 0 Å². The fourth-order valence-electron chi connectivity index (χ4n) is 2.78. The smallest absolute Gasteiger partial charge is 0.251 e. The Hall–Kier alpha value is -1.10. The second-order valence-corrected chi connectivity index (χ2v) is 5.31. The second kappa shape index (κ2) is 7.07. The van der Waals surface area contributed by atoms with Crippen LogP contribution in [0.4, 0.5) is 0 Å². The van der Waals surface area contributed by atoms with Crippen molar-refractivity contribution in [3.8, 4) is 0 Å². The molecule has 0 unspecified atom stereocenters. The second-order valence-electron chi connectivity index (χ2n) is 5.31. The maximum Gasteiger partial charge on any atom is 0.251 e. The summed E-state index contributed by atoms with van der Waals surface area (Å²) in [7, 11) is 0. The van der Waals surface area contributed by atoms with Gasteiger partial charge >= 0.3 is 0 Å². The summed E-state index contributed by atoms with van der Waals surface area (Å²) in [5.41, 5.74) is 3.08. The van der Waals surface area contributed by atoms with Crippen molar-refractivity contribution in [2.24, 2.45) is 0 Å². The summed E-state index contributed by atoms with van der Waals surface area (Å²) in [5, 5.41) is 6.43. The SMILES string of the molecule is Cl.O=C(NCC[C@H]1CCCN1)c1ccc2c(c1)COC2. The Morgan fingerprint density at radius 2 is 2.20 bits per heavy atom. The number of hydrogen-bond donors (Lipinski definition) is 2. The highest BCUT2D eigenvalue weighted by atomic mass is 35.5. The van der Waals surface area contributed by atoms with Crippen LogP contribution in [0.1, 0.15) is 40.7 Å². The van der Waals surface area contributed by atoms with E-state index in [1.807, 2.05) is 18.2 Å². The molecule has 2 aliphatic heterocycles. The fourth-order valence-corrected chi connectivity index (χ4v) is 2.78. The Balaban J connectivity index is 0.00000147. The zero-order valence-corrected chi connectivity index (χ0v) is 12.3. The first-order valence-electron chi connectivity index (χ1n) is 7.04. The van der Waals surface area contributed by atoms with Crippen molar-refractivity contribution >= 4 is 18.3 Å². The molecule has 2 heterocycles. The van der Waals surface area contributed by atoms with E-state index in [-0.39, 0.29) is 18.3 Å². The monoisotopic (exact) mass is 296 g/mol. The van der Waals surface area contributed by atoms with Gasteiger partial charge in [-0.15, -0.1) is 12.4 Å². The van der Waals surface area contributed by atoms with Crippen LogP contribution in [0.5, 0.6) is 0 Å². The number of ether oxygens (including phenoxy) is 1. The van der Waals surface area contributed by atoms with Crippen LogP contribution in [0.25, 0.3) is 0 Å². The van der Waals surface area contributed by atoms with Gasteiger partial charge in [-0.05, 0) is 49.1 Å². The highest BCUT2D eigenvalue weighted by Gasteiger charge is 2.16. The predicted molar refractivity (Wildman–Crippen MR) is 80.2 cm³/mol. The molecule has 0 spiro atoms. The van der Waals surface area contributed by atoms with E-state index >= 15 is 0 Å². The number of nitrogens with one attached hydrogen (secondary N) is 2. The van der Waals surface area contributed by atoms with Crippen LogP contribution in [-0.4, -0.2) is 25.0 Å². The third kappa shape index (κ3) is 3.51. The van der Waals surface area contributed by atoms with Crippen LogP contribution in [-0.2, 0) is 18.0 Å². The van der Waals surface area contributed by atoms with Crippen LogP contribution >= 0.6 is 12.4 Å². The number of carbonyl (C=O) groups excluding carboxylic acids is 1. The molecule has 3 rings (SSSR count). The van der Waals surface area contributed by atoms with Crippen molar-refractivity contribution in [2.45, 2.75) is 38.5 Å². The van der Waals surface area contributed by atoms with Crippen LogP contribution in [0.2, 0.25) is 0 Å². The number of hydrogen-bond acceptors (Lipinski definition) is 3. The minimum atomic E-state index is 0. The summed E-state index contributed by atoms with van der Waals surface area (Å²) >= 11 is 0. The Bertz CT molecular complexity index is 473. The van der Waals surface area contributed by atoms with Gasteiger partial charge in [0.25, 0.3) is 5.91 Å². The van der Waals surface area contributed by atoms with Crippen molar-refractivity contribution in [1.82, 2.24) is 10.6 Å². The molecule has 1 aromatic rings. The molecule has 0 radical (unpaired) electrons. The third-order valence-electron chi connectivity index (χ3n) is 3.92. The number of carbonyl (C=O) groups is 1. The largest absolute Gasteiger partial charge is 0.372 e. The molecule has 0 saturated carbocycles. The number of fused-ring (bicyclic) bond motifs is 1. The van der Waals surface area contributed by atoms with Gasteiger partial charge in [0.15, 0.2) is 0 Å². The van der Waals surface area contributed by atoms with Gasteiger partial charge in [-0.1, -0.05) is 6.07 Å². The first kappa shape index (κ1) is 15.3. The van der Waals surface area contributed by atoms with Crippen molar-refractivity contribution in [3.63, 3.8) is 0 Å². The van der Waals surface area contributed by atoms with Gasteiger partial charge in [-0.2, -0.15) is 0 Å². The minimum Gasteiger partial charge on any atom is -0.372 e. The predicted octanol–water partition coefficient (Wildman–Crippen LogP) is 2.01. The molecule has 1 amide bonds. The molecule has 1 fully saturated rings. The molecule has 1 atom stereocenters. The van der Waals surface area contributed by atoms with E-state index in [0.29, 0.717) is 19.3 Å². The molecule has 4 nitrogen and oxygen atoms in total. The molecule has 0 aliphatic carbocycles. The van der Waals surface area contributed by atoms with Crippen LogP contribution in [0, 0.1) is 0 Å². The number of amides is 1. The van der Waals surface area contributed by atoms with E-state index in [2.05, 4.69) is 10.6 Å². The third-order valence-corrected chi connectivity index (χ3v) is 3.92. The summed E-state index contributed by atoms with van der Waals surface area (Å²) in [6.45, 7) is 3.15. The average molecular weight is 297 g/mol. The molecule has 20 heavy (non-hydrogen) atoms. The fraction of sp³-hybridized carbons (Fsp3) is 0.533. The van der Waals surface area contributed by atoms with Gasteiger partial charge < -0.3 is 15.4 Å². The molecule has 5 heteroatoms. The molecule has 0 aromatic heterocycles. The van der Waals surface area contributed by atoms with E-state index in [1.54, 1.807) is 0 Å². The van der Waals surface area contributed by atoms with Gasteiger partial charge in [-0.3, -0.25) is 4.79 Å². The molecule has 2 aliphatic rings. The van der Waals surface area contributed by atoms with E-state index in [4.69, 9.17) is 4.74 Å². The lowest BCUT2D eigenvalue weighted by atomic mass is 10.1. The lowest BCUT2D eigenvalue weighted by Gasteiger charge is -2.11. The first-order valence-corrected chi connectivity index (χ1v) is 7.04. The molecule has 0 bridgehead atoms. The normalized spacial score (nSPS) is 20.3. The van der Waals surface area contributed by atoms with E-state index in [1.165, 1.54) is 18.4 Å². The van der Waals surface area contributed by atoms with Gasteiger partial charge in [0.05, 0.1) is 13.2 Å². The van der Waals surface area contributed by atoms with Crippen LogP contribution in [0.3, 0.4) is 0 Å². The molecule has 110 valence electrons. The Morgan fingerprint density at radius 3 is 3.00 bits per heavy atom. The van der Waals surface area contributed by atoms with Crippen molar-refractivity contribution in [2.75, 3.05) is 13.1 Å². The highest BCUT2D eigenvalue weighted by molar-refractivity contribution is 5.94. The van der Waals surface area contributed by atoms with Crippen molar-refractivity contribution in [3.05, 3.63) is 34.9 Å². The van der Waals surface area contributed by atoms with E-state index in [0.717, 1.165) is 30.6 Å². The maximum absolute atomic E-state index is 12.0. The lowest BCUT2D eigenvalue weighted by Crippen LogP contribution is -2.30. The Morgan fingerprint density at radius 1 is 1.35 bits per heavy atom. The zero-order valence-electron chi connectivity index (χ0n) is 11.5. The summed E-state index contributed by atoms with van der Waals surface area (Å²) in [6, 6.07) is 6.41. The average Bonchev–Trinajstić information content (AvgIpc) is 3.08. The van der Waals surface area contributed by atoms with E-state index in [9.17, 15) is 4.79 Å². The number of benzene rings is 1. The van der Waals surface area contributed by atoms with Gasteiger partial charge in [-0.25, -0.2) is 0 Å².